The van der Waals surface area contributed by atoms with E-state index < -0.39 is 5.97 Å². The van der Waals surface area contributed by atoms with Crippen molar-refractivity contribution in [3.63, 3.8) is 0 Å². The number of carboxylic acids is 1. The Morgan fingerprint density at radius 2 is 1.86 bits per heavy atom. The first-order valence-electron chi connectivity index (χ1n) is 4.16. The van der Waals surface area contributed by atoms with Crippen molar-refractivity contribution in [1.82, 2.24) is 0 Å². The number of carboxylic acid groups (broad SMARTS) is 1. The molecule has 0 aliphatic heterocycles. The van der Waals surface area contributed by atoms with E-state index in [1.54, 1.807) is 6.92 Å². The molecular weight excluding hydrogens is 180 g/mol. The van der Waals surface area contributed by atoms with E-state index in [1.807, 2.05) is 30.3 Å². The SMILES string of the molecule is C=CC(=O)O.CC(O)c1ccccc1. The van der Waals surface area contributed by atoms with Gasteiger partial charge < -0.3 is 10.2 Å². The molecule has 0 spiro atoms. The van der Waals surface area contributed by atoms with Gasteiger partial charge in [-0.3, -0.25) is 0 Å². The average Bonchev–Trinajstić information content (AvgIpc) is 2.20. The maximum absolute atomic E-state index is 9.25. The minimum Gasteiger partial charge on any atom is -0.478 e. The van der Waals surface area contributed by atoms with Gasteiger partial charge in [0.05, 0.1) is 6.10 Å². The Morgan fingerprint density at radius 1 is 1.43 bits per heavy atom. The van der Waals surface area contributed by atoms with Gasteiger partial charge in [0.1, 0.15) is 0 Å². The van der Waals surface area contributed by atoms with Crippen LogP contribution in [0.1, 0.15) is 18.6 Å². The lowest BCUT2D eigenvalue weighted by atomic mass is 10.1. The number of benzene rings is 1. The summed E-state index contributed by atoms with van der Waals surface area (Å²) < 4.78 is 0. The average molecular weight is 194 g/mol. The molecule has 1 aromatic rings. The fourth-order valence-electron chi connectivity index (χ4n) is 0.732. The first-order chi connectivity index (χ1) is 6.57. The molecule has 0 amide bonds. The van der Waals surface area contributed by atoms with E-state index in [4.69, 9.17) is 10.2 Å². The highest BCUT2D eigenvalue weighted by molar-refractivity contribution is 5.78. The molecule has 0 saturated heterocycles. The summed E-state index contributed by atoms with van der Waals surface area (Å²) >= 11 is 0. The van der Waals surface area contributed by atoms with E-state index in [0.717, 1.165) is 11.6 Å². The van der Waals surface area contributed by atoms with Gasteiger partial charge in [-0.25, -0.2) is 4.79 Å². The summed E-state index contributed by atoms with van der Waals surface area (Å²) in [6, 6.07) is 9.59. The topological polar surface area (TPSA) is 57.5 Å². The molecule has 1 atom stereocenters. The van der Waals surface area contributed by atoms with Crippen molar-refractivity contribution >= 4 is 5.97 Å². The Labute approximate surface area is 83.3 Å². The van der Waals surface area contributed by atoms with E-state index in [2.05, 4.69) is 6.58 Å². The van der Waals surface area contributed by atoms with Crippen LogP contribution in [-0.4, -0.2) is 16.2 Å². The summed E-state index contributed by atoms with van der Waals surface area (Å²) in [5.41, 5.74) is 0.970. The van der Waals surface area contributed by atoms with Crippen LogP contribution in [-0.2, 0) is 4.79 Å². The Morgan fingerprint density at radius 3 is 2.07 bits per heavy atom. The molecule has 1 aromatic carbocycles. The Kier molecular flexibility index (Phi) is 6.07. The minimum absolute atomic E-state index is 0.341. The van der Waals surface area contributed by atoms with Gasteiger partial charge >= 0.3 is 5.97 Å². The molecule has 14 heavy (non-hydrogen) atoms. The third-order valence-electron chi connectivity index (χ3n) is 1.46. The molecule has 0 aliphatic carbocycles. The van der Waals surface area contributed by atoms with Gasteiger partial charge in [0.25, 0.3) is 0 Å². The number of hydrogen-bond donors (Lipinski definition) is 2. The van der Waals surface area contributed by atoms with Crippen molar-refractivity contribution in [3.8, 4) is 0 Å². The van der Waals surface area contributed by atoms with E-state index in [0.29, 0.717) is 0 Å². The molecule has 0 aromatic heterocycles. The third kappa shape index (κ3) is 5.97. The van der Waals surface area contributed by atoms with Crippen molar-refractivity contribution < 1.29 is 15.0 Å². The summed E-state index contributed by atoms with van der Waals surface area (Å²) in [5.74, 6) is -0.981. The molecule has 0 bridgehead atoms. The predicted molar refractivity (Wildman–Crippen MR) is 54.9 cm³/mol. The van der Waals surface area contributed by atoms with Gasteiger partial charge in [-0.2, -0.15) is 0 Å². The molecule has 2 N–H and O–H groups in total. The molecule has 76 valence electrons. The van der Waals surface area contributed by atoms with Crippen molar-refractivity contribution in [3.05, 3.63) is 48.6 Å². The van der Waals surface area contributed by atoms with E-state index in [-0.39, 0.29) is 6.10 Å². The first kappa shape index (κ1) is 12.4. The molecule has 1 rings (SSSR count). The van der Waals surface area contributed by atoms with Gasteiger partial charge in [-0.05, 0) is 12.5 Å². The zero-order valence-corrected chi connectivity index (χ0v) is 8.05. The highest BCUT2D eigenvalue weighted by Gasteiger charge is 1.95. The first-order valence-corrected chi connectivity index (χ1v) is 4.16. The second-order valence-corrected chi connectivity index (χ2v) is 2.63. The number of aliphatic hydroxyl groups excluding tert-OH is 1. The molecule has 3 heteroatoms. The Hall–Kier alpha value is -1.61. The van der Waals surface area contributed by atoms with Crippen LogP contribution in [0.5, 0.6) is 0 Å². The predicted octanol–water partition coefficient (Wildman–Crippen LogP) is 2.00. The summed E-state index contributed by atoms with van der Waals surface area (Å²) in [6.07, 6.45) is 0.492. The van der Waals surface area contributed by atoms with Gasteiger partial charge in [0.2, 0.25) is 0 Å². The lowest BCUT2D eigenvalue weighted by Crippen LogP contribution is -1.87. The van der Waals surface area contributed by atoms with Gasteiger partial charge in [-0.15, -0.1) is 0 Å². The van der Waals surface area contributed by atoms with Crippen LogP contribution in [0.25, 0.3) is 0 Å². The standard InChI is InChI=1S/C8H10O.C3H4O2/c1-7(9)8-5-3-2-4-6-8;1-2-3(4)5/h2-7,9H,1H3;2H,1H2,(H,4,5). The Balaban J connectivity index is 0.000000292. The number of aliphatic hydroxyl groups is 1. The highest BCUT2D eigenvalue weighted by atomic mass is 16.4. The maximum Gasteiger partial charge on any atom is 0.327 e. The van der Waals surface area contributed by atoms with E-state index >= 15 is 0 Å². The summed E-state index contributed by atoms with van der Waals surface area (Å²) in [5, 5.41) is 16.6. The quantitative estimate of drug-likeness (QED) is 0.708. The molecule has 3 nitrogen and oxygen atoms in total. The number of hydrogen-bond acceptors (Lipinski definition) is 2. The van der Waals surface area contributed by atoms with Crippen LogP contribution in [0.4, 0.5) is 0 Å². The zero-order chi connectivity index (χ0) is 11.0. The van der Waals surface area contributed by atoms with Gasteiger partial charge in [-0.1, -0.05) is 36.9 Å². The minimum atomic E-state index is -0.981. The maximum atomic E-state index is 9.25. The molecule has 0 fully saturated rings. The summed E-state index contributed by atoms with van der Waals surface area (Å²) in [6.45, 7) is 4.72. The normalized spacial score (nSPS) is 10.7. The fraction of sp³-hybridized carbons (Fsp3) is 0.182. The summed E-state index contributed by atoms with van der Waals surface area (Å²) in [7, 11) is 0. The highest BCUT2D eigenvalue weighted by Crippen LogP contribution is 2.08. The number of rotatable bonds is 2. The smallest absolute Gasteiger partial charge is 0.327 e. The van der Waals surface area contributed by atoms with Crippen molar-refractivity contribution in [2.75, 3.05) is 0 Å². The van der Waals surface area contributed by atoms with Crippen LogP contribution >= 0.6 is 0 Å². The van der Waals surface area contributed by atoms with Crippen LogP contribution in [0.3, 0.4) is 0 Å². The number of aliphatic carboxylic acids is 1. The lowest BCUT2D eigenvalue weighted by Gasteiger charge is -2.00. The second-order valence-electron chi connectivity index (χ2n) is 2.63. The Bertz CT molecular complexity index is 278. The molecule has 0 saturated carbocycles. The van der Waals surface area contributed by atoms with Crippen LogP contribution < -0.4 is 0 Å². The van der Waals surface area contributed by atoms with Crippen molar-refractivity contribution in [1.29, 1.82) is 0 Å². The largest absolute Gasteiger partial charge is 0.478 e. The van der Waals surface area contributed by atoms with Crippen molar-refractivity contribution in [2.45, 2.75) is 13.0 Å². The summed E-state index contributed by atoms with van der Waals surface area (Å²) in [4.78, 5) is 9.25. The monoisotopic (exact) mass is 194 g/mol. The molecule has 0 radical (unpaired) electrons. The van der Waals surface area contributed by atoms with Crippen LogP contribution in [0, 0.1) is 0 Å². The second kappa shape index (κ2) is 6.86. The molecular formula is C11H14O3. The van der Waals surface area contributed by atoms with E-state index in [1.165, 1.54) is 0 Å². The molecule has 0 aliphatic rings. The fourth-order valence-corrected chi connectivity index (χ4v) is 0.732. The molecule has 1 unspecified atom stereocenters. The number of carbonyl (C=O) groups is 1. The lowest BCUT2D eigenvalue weighted by molar-refractivity contribution is -0.131. The van der Waals surface area contributed by atoms with Crippen molar-refractivity contribution in [2.24, 2.45) is 0 Å². The third-order valence-corrected chi connectivity index (χ3v) is 1.46. The zero-order valence-electron chi connectivity index (χ0n) is 8.05. The van der Waals surface area contributed by atoms with Crippen LogP contribution in [0.2, 0.25) is 0 Å². The van der Waals surface area contributed by atoms with Gasteiger partial charge in [0, 0.05) is 6.08 Å². The molecule has 0 heterocycles. The van der Waals surface area contributed by atoms with Crippen LogP contribution in [0.15, 0.2) is 43.0 Å². The van der Waals surface area contributed by atoms with E-state index in [9.17, 15) is 4.79 Å². The van der Waals surface area contributed by atoms with Gasteiger partial charge in [0.15, 0.2) is 0 Å².